The standard InChI is InChI=1S/C20H24N2O3/c1-3-13-25-18-11-9-17(10-12-18)22-20(24)19(23)21-14-15(2)16-7-5-4-6-8-16/h4-12,15H,3,13-14H2,1-2H3,(H,21,23)(H,22,24)/t15-/m1/s1. The number of ether oxygens (including phenoxy) is 1. The average molecular weight is 340 g/mol. The Hall–Kier alpha value is -2.82. The van der Waals surface area contributed by atoms with E-state index in [9.17, 15) is 9.59 Å². The highest BCUT2D eigenvalue weighted by molar-refractivity contribution is 6.39. The summed E-state index contributed by atoms with van der Waals surface area (Å²) in [5.41, 5.74) is 1.67. The molecular formula is C20H24N2O3. The number of benzene rings is 2. The van der Waals surface area contributed by atoms with Gasteiger partial charge in [0.1, 0.15) is 5.75 Å². The predicted octanol–water partition coefficient (Wildman–Crippen LogP) is 3.33. The molecule has 2 N–H and O–H groups in total. The van der Waals surface area contributed by atoms with Gasteiger partial charge in [-0.05, 0) is 42.2 Å². The Labute approximate surface area is 148 Å². The van der Waals surface area contributed by atoms with E-state index >= 15 is 0 Å². The van der Waals surface area contributed by atoms with Crippen molar-refractivity contribution in [3.8, 4) is 5.75 Å². The Bertz CT molecular complexity index is 684. The summed E-state index contributed by atoms with van der Waals surface area (Å²) in [6.07, 6.45) is 0.931. The maximum absolute atomic E-state index is 12.0. The molecule has 2 rings (SSSR count). The fraction of sp³-hybridized carbons (Fsp3) is 0.300. The Balaban J connectivity index is 1.80. The number of hydrogen-bond donors (Lipinski definition) is 2. The molecule has 0 aliphatic rings. The highest BCUT2D eigenvalue weighted by atomic mass is 16.5. The van der Waals surface area contributed by atoms with Crippen LogP contribution in [0.4, 0.5) is 5.69 Å². The summed E-state index contributed by atoms with van der Waals surface area (Å²) in [7, 11) is 0. The molecule has 2 aromatic carbocycles. The van der Waals surface area contributed by atoms with Crippen molar-refractivity contribution in [1.29, 1.82) is 0 Å². The third-order valence-electron chi connectivity index (χ3n) is 3.73. The highest BCUT2D eigenvalue weighted by Crippen LogP contribution is 2.16. The van der Waals surface area contributed by atoms with E-state index in [-0.39, 0.29) is 5.92 Å². The van der Waals surface area contributed by atoms with Gasteiger partial charge in [0.15, 0.2) is 0 Å². The lowest BCUT2D eigenvalue weighted by atomic mass is 10.0. The van der Waals surface area contributed by atoms with E-state index in [0.29, 0.717) is 18.8 Å². The molecule has 0 radical (unpaired) electrons. The van der Waals surface area contributed by atoms with Crippen molar-refractivity contribution in [3.63, 3.8) is 0 Å². The summed E-state index contributed by atoms with van der Waals surface area (Å²) < 4.78 is 5.48. The van der Waals surface area contributed by atoms with E-state index in [2.05, 4.69) is 10.6 Å². The quantitative estimate of drug-likeness (QED) is 0.760. The molecule has 2 amide bonds. The van der Waals surface area contributed by atoms with Gasteiger partial charge < -0.3 is 15.4 Å². The minimum absolute atomic E-state index is 0.132. The highest BCUT2D eigenvalue weighted by Gasteiger charge is 2.15. The molecule has 0 aromatic heterocycles. The lowest BCUT2D eigenvalue weighted by Crippen LogP contribution is -2.37. The second kappa shape index (κ2) is 9.47. The lowest BCUT2D eigenvalue weighted by Gasteiger charge is -2.13. The molecule has 132 valence electrons. The Morgan fingerprint density at radius 2 is 1.68 bits per heavy atom. The van der Waals surface area contributed by atoms with Crippen LogP contribution in [-0.2, 0) is 9.59 Å². The maximum atomic E-state index is 12.0. The largest absolute Gasteiger partial charge is 0.494 e. The van der Waals surface area contributed by atoms with E-state index in [0.717, 1.165) is 17.7 Å². The van der Waals surface area contributed by atoms with Gasteiger partial charge in [-0.1, -0.05) is 44.2 Å². The molecule has 0 spiro atoms. The van der Waals surface area contributed by atoms with Crippen molar-refractivity contribution in [3.05, 3.63) is 60.2 Å². The van der Waals surface area contributed by atoms with Crippen molar-refractivity contribution in [2.75, 3.05) is 18.5 Å². The molecule has 0 bridgehead atoms. The number of nitrogens with one attached hydrogen (secondary N) is 2. The second-order valence-corrected chi connectivity index (χ2v) is 5.85. The third kappa shape index (κ3) is 5.95. The third-order valence-corrected chi connectivity index (χ3v) is 3.73. The molecule has 0 saturated carbocycles. The van der Waals surface area contributed by atoms with Crippen LogP contribution < -0.4 is 15.4 Å². The molecule has 25 heavy (non-hydrogen) atoms. The zero-order chi connectivity index (χ0) is 18.1. The van der Waals surface area contributed by atoms with Gasteiger partial charge in [0.2, 0.25) is 0 Å². The average Bonchev–Trinajstić information content (AvgIpc) is 2.65. The number of carbonyl (C=O) groups excluding carboxylic acids is 2. The molecule has 0 heterocycles. The molecule has 0 aliphatic heterocycles. The Morgan fingerprint density at radius 3 is 2.32 bits per heavy atom. The first-order chi connectivity index (χ1) is 12.1. The van der Waals surface area contributed by atoms with Crippen LogP contribution in [0, 0.1) is 0 Å². The van der Waals surface area contributed by atoms with Crippen LogP contribution >= 0.6 is 0 Å². The Morgan fingerprint density at radius 1 is 1.00 bits per heavy atom. The van der Waals surface area contributed by atoms with Gasteiger partial charge >= 0.3 is 11.8 Å². The van der Waals surface area contributed by atoms with Gasteiger partial charge in [-0.15, -0.1) is 0 Å². The van der Waals surface area contributed by atoms with Crippen LogP contribution in [0.3, 0.4) is 0 Å². The molecule has 0 aliphatic carbocycles. The van der Waals surface area contributed by atoms with Crippen LogP contribution in [0.5, 0.6) is 5.75 Å². The normalized spacial score (nSPS) is 11.4. The molecule has 1 atom stereocenters. The summed E-state index contributed by atoms with van der Waals surface area (Å²) in [5.74, 6) is -0.453. The van der Waals surface area contributed by atoms with Gasteiger partial charge in [0.05, 0.1) is 6.61 Å². The van der Waals surface area contributed by atoms with Gasteiger partial charge in [-0.2, -0.15) is 0 Å². The molecule has 0 fully saturated rings. The summed E-state index contributed by atoms with van der Waals surface area (Å²) in [6, 6.07) is 16.8. The number of anilines is 1. The number of rotatable bonds is 7. The van der Waals surface area contributed by atoms with Crippen LogP contribution in [0.15, 0.2) is 54.6 Å². The van der Waals surface area contributed by atoms with Gasteiger partial charge in [-0.25, -0.2) is 0 Å². The van der Waals surface area contributed by atoms with E-state index < -0.39 is 11.8 Å². The van der Waals surface area contributed by atoms with Gasteiger partial charge in [-0.3, -0.25) is 9.59 Å². The summed E-state index contributed by atoms with van der Waals surface area (Å²) in [5, 5.41) is 5.25. The molecular weight excluding hydrogens is 316 g/mol. The van der Waals surface area contributed by atoms with E-state index in [4.69, 9.17) is 4.74 Å². The molecule has 2 aromatic rings. The number of carbonyl (C=O) groups is 2. The van der Waals surface area contributed by atoms with Crippen molar-refractivity contribution in [2.24, 2.45) is 0 Å². The first kappa shape index (κ1) is 18.5. The first-order valence-corrected chi connectivity index (χ1v) is 8.47. The van der Waals surface area contributed by atoms with E-state index in [1.54, 1.807) is 24.3 Å². The fourth-order valence-electron chi connectivity index (χ4n) is 2.27. The van der Waals surface area contributed by atoms with Crippen LogP contribution in [-0.4, -0.2) is 25.0 Å². The zero-order valence-corrected chi connectivity index (χ0v) is 14.6. The molecule has 0 unspecified atom stereocenters. The summed E-state index contributed by atoms with van der Waals surface area (Å²) in [6.45, 7) is 5.09. The van der Waals surface area contributed by atoms with E-state index in [1.165, 1.54) is 0 Å². The predicted molar refractivity (Wildman–Crippen MR) is 98.7 cm³/mol. The van der Waals surface area contributed by atoms with Crippen LogP contribution in [0.25, 0.3) is 0 Å². The van der Waals surface area contributed by atoms with Gasteiger partial charge in [0.25, 0.3) is 0 Å². The van der Waals surface area contributed by atoms with Crippen LogP contribution in [0.2, 0.25) is 0 Å². The summed E-state index contributed by atoms with van der Waals surface area (Å²) in [4.78, 5) is 23.9. The summed E-state index contributed by atoms with van der Waals surface area (Å²) >= 11 is 0. The van der Waals surface area contributed by atoms with Crippen molar-refractivity contribution >= 4 is 17.5 Å². The molecule has 5 heteroatoms. The fourth-order valence-corrected chi connectivity index (χ4v) is 2.27. The topological polar surface area (TPSA) is 67.4 Å². The first-order valence-electron chi connectivity index (χ1n) is 8.47. The molecule has 5 nitrogen and oxygen atoms in total. The smallest absolute Gasteiger partial charge is 0.313 e. The SMILES string of the molecule is CCCOc1ccc(NC(=O)C(=O)NC[C@@H](C)c2ccccc2)cc1. The van der Waals surface area contributed by atoms with Gasteiger partial charge in [0, 0.05) is 12.2 Å². The molecule has 0 saturated heterocycles. The lowest BCUT2D eigenvalue weighted by molar-refractivity contribution is -0.136. The minimum Gasteiger partial charge on any atom is -0.494 e. The van der Waals surface area contributed by atoms with Crippen molar-refractivity contribution in [2.45, 2.75) is 26.2 Å². The van der Waals surface area contributed by atoms with Crippen molar-refractivity contribution in [1.82, 2.24) is 5.32 Å². The maximum Gasteiger partial charge on any atom is 0.313 e. The monoisotopic (exact) mass is 340 g/mol. The number of amides is 2. The zero-order valence-electron chi connectivity index (χ0n) is 14.6. The number of hydrogen-bond acceptors (Lipinski definition) is 3. The van der Waals surface area contributed by atoms with E-state index in [1.807, 2.05) is 44.2 Å². The minimum atomic E-state index is -0.678. The Kier molecular flexibility index (Phi) is 7.01. The van der Waals surface area contributed by atoms with Crippen molar-refractivity contribution < 1.29 is 14.3 Å². The van der Waals surface area contributed by atoms with Crippen LogP contribution in [0.1, 0.15) is 31.7 Å². The second-order valence-electron chi connectivity index (χ2n) is 5.85.